The summed E-state index contributed by atoms with van der Waals surface area (Å²) in [6.07, 6.45) is 0. The fourth-order valence-electron chi connectivity index (χ4n) is 1.11. The third kappa shape index (κ3) is 2.33. The van der Waals surface area contributed by atoms with Crippen molar-refractivity contribution in [3.8, 4) is 0 Å². The van der Waals surface area contributed by atoms with Crippen molar-refractivity contribution in [2.75, 3.05) is 25.5 Å². The first-order valence-corrected chi connectivity index (χ1v) is 4.30. The molecule has 0 aromatic heterocycles. The molecule has 0 fully saturated rings. The van der Waals surface area contributed by atoms with Crippen molar-refractivity contribution in [1.82, 2.24) is 0 Å². The molecule has 1 aromatic rings. The first kappa shape index (κ1) is 9.81. The van der Waals surface area contributed by atoms with Gasteiger partial charge in [-0.05, 0) is 23.3 Å². The van der Waals surface area contributed by atoms with Gasteiger partial charge in [0.1, 0.15) is 0 Å². The summed E-state index contributed by atoms with van der Waals surface area (Å²) in [5.74, 6) is 0. The largest absolute Gasteiger partial charge is 0.378 e. The maximum atomic E-state index is 5.49. The normalized spacial score (nSPS) is 9.77. The van der Waals surface area contributed by atoms with E-state index in [4.69, 9.17) is 5.73 Å². The molecule has 1 rings (SSSR count). The number of rotatable bonds is 3. The van der Waals surface area contributed by atoms with E-state index in [1.165, 1.54) is 5.69 Å². The lowest BCUT2D eigenvalue weighted by Gasteiger charge is -2.12. The third-order valence-electron chi connectivity index (χ3n) is 2.04. The Morgan fingerprint density at radius 1 is 1.31 bits per heavy atom. The molecular weight excluding hydrogens is 160 g/mol. The molecule has 2 nitrogen and oxygen atoms in total. The fraction of sp³-hybridized carbons (Fsp3) is 0.273. The zero-order valence-electron chi connectivity index (χ0n) is 8.25. The molecule has 0 aliphatic heterocycles. The second kappa shape index (κ2) is 4.10. The number of anilines is 1. The summed E-state index contributed by atoms with van der Waals surface area (Å²) < 4.78 is 0. The maximum absolute atomic E-state index is 5.49. The summed E-state index contributed by atoms with van der Waals surface area (Å²) in [6.45, 7) is 4.39. The number of hydrogen-bond acceptors (Lipinski definition) is 2. The van der Waals surface area contributed by atoms with E-state index in [0.29, 0.717) is 6.54 Å². The summed E-state index contributed by atoms with van der Waals surface area (Å²) in [7, 11) is 4.04. The Balaban J connectivity index is 2.87. The van der Waals surface area contributed by atoms with Gasteiger partial charge in [0, 0.05) is 26.3 Å². The van der Waals surface area contributed by atoms with Crippen molar-refractivity contribution < 1.29 is 0 Å². The van der Waals surface area contributed by atoms with Crippen molar-refractivity contribution in [3.63, 3.8) is 0 Å². The van der Waals surface area contributed by atoms with E-state index in [-0.39, 0.29) is 0 Å². The molecule has 0 spiro atoms. The Labute approximate surface area is 79.7 Å². The molecule has 0 radical (unpaired) electrons. The molecule has 0 saturated carbocycles. The summed E-state index contributed by atoms with van der Waals surface area (Å²) >= 11 is 0. The van der Waals surface area contributed by atoms with Crippen LogP contribution >= 0.6 is 0 Å². The quantitative estimate of drug-likeness (QED) is 0.760. The lowest BCUT2D eigenvalue weighted by atomic mass is 10.1. The monoisotopic (exact) mass is 176 g/mol. The summed E-state index contributed by atoms with van der Waals surface area (Å²) in [5.41, 5.74) is 8.78. The second-order valence-electron chi connectivity index (χ2n) is 3.25. The van der Waals surface area contributed by atoms with Gasteiger partial charge in [0.15, 0.2) is 0 Å². The van der Waals surface area contributed by atoms with Gasteiger partial charge in [-0.2, -0.15) is 0 Å². The highest BCUT2D eigenvalue weighted by molar-refractivity contribution is 5.66. The van der Waals surface area contributed by atoms with Crippen LogP contribution < -0.4 is 10.6 Å². The minimum absolute atomic E-state index is 0.515. The van der Waals surface area contributed by atoms with Crippen molar-refractivity contribution in [2.45, 2.75) is 0 Å². The van der Waals surface area contributed by atoms with E-state index in [9.17, 15) is 0 Å². The lowest BCUT2D eigenvalue weighted by molar-refractivity contribution is 1.13. The standard InChI is InChI=1S/C11H16N2/c1-9(8-12)10-4-6-11(7-5-10)13(2)3/h4-7H,1,8,12H2,2-3H3. The van der Waals surface area contributed by atoms with Crippen molar-refractivity contribution in [3.05, 3.63) is 36.4 Å². The van der Waals surface area contributed by atoms with Gasteiger partial charge in [-0.25, -0.2) is 0 Å². The van der Waals surface area contributed by atoms with Crippen LogP contribution in [0.3, 0.4) is 0 Å². The van der Waals surface area contributed by atoms with Gasteiger partial charge >= 0.3 is 0 Å². The molecule has 2 heteroatoms. The summed E-state index contributed by atoms with van der Waals surface area (Å²) in [4.78, 5) is 2.06. The number of nitrogens with zero attached hydrogens (tertiary/aromatic N) is 1. The molecule has 0 aliphatic carbocycles. The van der Waals surface area contributed by atoms with E-state index in [1.807, 2.05) is 26.2 Å². The van der Waals surface area contributed by atoms with Gasteiger partial charge in [-0.15, -0.1) is 0 Å². The van der Waals surface area contributed by atoms with Crippen LogP contribution in [0.1, 0.15) is 5.56 Å². The molecule has 0 saturated heterocycles. The minimum Gasteiger partial charge on any atom is -0.378 e. The lowest BCUT2D eigenvalue weighted by Crippen LogP contribution is -2.08. The first-order chi connectivity index (χ1) is 6.15. The van der Waals surface area contributed by atoms with Gasteiger partial charge in [-0.1, -0.05) is 18.7 Å². The average molecular weight is 176 g/mol. The Morgan fingerprint density at radius 2 is 1.85 bits per heavy atom. The molecule has 0 atom stereocenters. The summed E-state index contributed by atoms with van der Waals surface area (Å²) in [5, 5.41) is 0. The molecule has 0 unspecified atom stereocenters. The van der Waals surface area contributed by atoms with Crippen LogP contribution in [0.4, 0.5) is 5.69 Å². The van der Waals surface area contributed by atoms with E-state index in [1.54, 1.807) is 0 Å². The highest BCUT2D eigenvalue weighted by Gasteiger charge is 1.97. The SMILES string of the molecule is C=C(CN)c1ccc(N(C)C)cc1. The molecule has 13 heavy (non-hydrogen) atoms. The molecule has 0 amide bonds. The first-order valence-electron chi connectivity index (χ1n) is 4.30. The third-order valence-corrected chi connectivity index (χ3v) is 2.04. The van der Waals surface area contributed by atoms with Crippen molar-refractivity contribution in [2.24, 2.45) is 5.73 Å². The van der Waals surface area contributed by atoms with Crippen LogP contribution in [0.15, 0.2) is 30.8 Å². The maximum Gasteiger partial charge on any atom is 0.0361 e. The van der Waals surface area contributed by atoms with Gasteiger partial charge in [0.05, 0.1) is 0 Å². The molecular formula is C11H16N2. The Morgan fingerprint density at radius 3 is 2.23 bits per heavy atom. The van der Waals surface area contributed by atoms with E-state index in [0.717, 1.165) is 11.1 Å². The van der Waals surface area contributed by atoms with Crippen LogP contribution in [-0.4, -0.2) is 20.6 Å². The highest BCUT2D eigenvalue weighted by Crippen LogP contribution is 2.16. The zero-order chi connectivity index (χ0) is 9.84. The Kier molecular flexibility index (Phi) is 3.09. The van der Waals surface area contributed by atoms with Crippen LogP contribution in [0.25, 0.3) is 5.57 Å². The number of nitrogens with two attached hydrogens (primary N) is 1. The van der Waals surface area contributed by atoms with E-state index in [2.05, 4.69) is 23.6 Å². The smallest absolute Gasteiger partial charge is 0.0361 e. The molecule has 0 heterocycles. The Hall–Kier alpha value is -1.28. The minimum atomic E-state index is 0.515. The topological polar surface area (TPSA) is 29.3 Å². The molecule has 0 aliphatic rings. The predicted molar refractivity (Wildman–Crippen MR) is 58.9 cm³/mol. The number of benzene rings is 1. The molecule has 2 N–H and O–H groups in total. The Bertz CT molecular complexity index is 285. The molecule has 0 bridgehead atoms. The predicted octanol–water partition coefficient (Wildman–Crippen LogP) is 1.72. The van der Waals surface area contributed by atoms with Gasteiger partial charge < -0.3 is 10.6 Å². The van der Waals surface area contributed by atoms with Gasteiger partial charge in [0.2, 0.25) is 0 Å². The average Bonchev–Trinajstić information content (AvgIpc) is 2.17. The van der Waals surface area contributed by atoms with Crippen molar-refractivity contribution in [1.29, 1.82) is 0 Å². The van der Waals surface area contributed by atoms with Gasteiger partial charge in [0.25, 0.3) is 0 Å². The van der Waals surface area contributed by atoms with Gasteiger partial charge in [-0.3, -0.25) is 0 Å². The highest BCUT2D eigenvalue weighted by atomic mass is 15.1. The molecule has 70 valence electrons. The van der Waals surface area contributed by atoms with Crippen LogP contribution in [0, 0.1) is 0 Å². The summed E-state index contributed by atoms with van der Waals surface area (Å²) in [6, 6.07) is 8.22. The van der Waals surface area contributed by atoms with E-state index >= 15 is 0 Å². The zero-order valence-corrected chi connectivity index (χ0v) is 8.25. The van der Waals surface area contributed by atoms with Crippen LogP contribution in [-0.2, 0) is 0 Å². The van der Waals surface area contributed by atoms with E-state index < -0.39 is 0 Å². The second-order valence-corrected chi connectivity index (χ2v) is 3.25. The molecule has 1 aromatic carbocycles. The fourth-order valence-corrected chi connectivity index (χ4v) is 1.11. The van der Waals surface area contributed by atoms with Crippen LogP contribution in [0.2, 0.25) is 0 Å². The number of hydrogen-bond donors (Lipinski definition) is 1. The van der Waals surface area contributed by atoms with Crippen molar-refractivity contribution >= 4 is 11.3 Å². The van der Waals surface area contributed by atoms with Crippen LogP contribution in [0.5, 0.6) is 0 Å².